The molecule has 16 heavy (non-hydrogen) atoms. The van der Waals surface area contributed by atoms with Crippen molar-refractivity contribution in [2.45, 2.75) is 39.2 Å². The van der Waals surface area contributed by atoms with Crippen LogP contribution in [0.2, 0.25) is 0 Å². The molecule has 0 aliphatic heterocycles. The molecule has 2 aromatic heterocycles. The quantitative estimate of drug-likeness (QED) is 0.685. The Morgan fingerprint density at radius 2 is 2.19 bits per heavy atom. The molecular weight excluding hydrogens is 216 g/mol. The average molecular weight is 234 g/mol. The van der Waals surface area contributed by atoms with E-state index in [2.05, 4.69) is 40.3 Å². The summed E-state index contributed by atoms with van der Waals surface area (Å²) in [4.78, 5) is 1.31. The first-order valence-electron chi connectivity index (χ1n) is 5.97. The van der Waals surface area contributed by atoms with E-state index in [-0.39, 0.29) is 0 Å². The molecule has 0 bridgehead atoms. The summed E-state index contributed by atoms with van der Waals surface area (Å²) < 4.78 is 2.13. The lowest BCUT2D eigenvalue weighted by Crippen LogP contribution is -2.01. The Morgan fingerprint density at radius 1 is 1.25 bits per heavy atom. The second kappa shape index (κ2) is 5.85. The monoisotopic (exact) mass is 234 g/mol. The fourth-order valence-electron chi connectivity index (χ4n) is 1.83. The predicted molar refractivity (Wildman–Crippen MR) is 69.7 cm³/mol. The van der Waals surface area contributed by atoms with Gasteiger partial charge in [-0.2, -0.15) is 5.10 Å². The van der Waals surface area contributed by atoms with Crippen LogP contribution in [-0.4, -0.2) is 9.78 Å². The summed E-state index contributed by atoms with van der Waals surface area (Å²) in [5, 5.41) is 6.51. The first-order valence-corrected chi connectivity index (χ1v) is 6.85. The Morgan fingerprint density at radius 3 is 2.94 bits per heavy atom. The molecule has 0 atom stereocenters. The topological polar surface area (TPSA) is 17.8 Å². The molecule has 2 aromatic rings. The molecule has 0 spiro atoms. The highest BCUT2D eigenvalue weighted by atomic mass is 32.1. The molecule has 0 saturated carbocycles. The van der Waals surface area contributed by atoms with Crippen LogP contribution in [0.4, 0.5) is 0 Å². The SMILES string of the molecule is CCCCCCn1nccc1-c1cccs1. The predicted octanol–water partition coefficient (Wildman–Crippen LogP) is 4.19. The van der Waals surface area contributed by atoms with Gasteiger partial charge in [0.2, 0.25) is 0 Å². The summed E-state index contributed by atoms with van der Waals surface area (Å²) >= 11 is 1.78. The van der Waals surface area contributed by atoms with Gasteiger partial charge in [0.05, 0.1) is 10.6 Å². The highest BCUT2D eigenvalue weighted by Crippen LogP contribution is 2.24. The van der Waals surface area contributed by atoms with E-state index in [4.69, 9.17) is 0 Å². The zero-order valence-electron chi connectivity index (χ0n) is 9.72. The molecule has 0 fully saturated rings. The van der Waals surface area contributed by atoms with Gasteiger partial charge in [-0.1, -0.05) is 32.3 Å². The molecule has 0 unspecified atom stereocenters. The van der Waals surface area contributed by atoms with Gasteiger partial charge in [-0.05, 0) is 23.9 Å². The van der Waals surface area contributed by atoms with Crippen LogP contribution in [0.15, 0.2) is 29.8 Å². The Balaban J connectivity index is 1.97. The van der Waals surface area contributed by atoms with Crippen LogP contribution in [-0.2, 0) is 6.54 Å². The van der Waals surface area contributed by atoms with Crippen molar-refractivity contribution in [3.05, 3.63) is 29.8 Å². The first kappa shape index (κ1) is 11.4. The van der Waals surface area contributed by atoms with Gasteiger partial charge in [-0.15, -0.1) is 11.3 Å². The highest BCUT2D eigenvalue weighted by Gasteiger charge is 2.05. The van der Waals surface area contributed by atoms with Crippen LogP contribution in [0.5, 0.6) is 0 Å². The number of hydrogen-bond donors (Lipinski definition) is 0. The third kappa shape index (κ3) is 2.73. The van der Waals surface area contributed by atoms with Crippen molar-refractivity contribution in [3.8, 4) is 10.6 Å². The molecule has 0 radical (unpaired) electrons. The van der Waals surface area contributed by atoms with Gasteiger partial charge in [0, 0.05) is 12.7 Å². The Bertz CT molecular complexity index is 403. The van der Waals surface area contributed by atoms with Gasteiger partial charge in [-0.25, -0.2) is 0 Å². The van der Waals surface area contributed by atoms with Crippen LogP contribution in [0, 0.1) is 0 Å². The van der Waals surface area contributed by atoms with E-state index < -0.39 is 0 Å². The minimum Gasteiger partial charge on any atom is -0.264 e. The van der Waals surface area contributed by atoms with E-state index in [0.717, 1.165) is 6.54 Å². The molecule has 0 aliphatic rings. The lowest BCUT2D eigenvalue weighted by molar-refractivity contribution is 0.546. The summed E-state index contributed by atoms with van der Waals surface area (Å²) in [5.41, 5.74) is 1.26. The standard InChI is InChI=1S/C13H18N2S/c1-2-3-4-5-10-15-12(8-9-14-15)13-7-6-11-16-13/h6-9,11H,2-5,10H2,1H3. The van der Waals surface area contributed by atoms with Crippen LogP contribution in [0.25, 0.3) is 10.6 Å². The van der Waals surface area contributed by atoms with Crippen molar-refractivity contribution < 1.29 is 0 Å². The van der Waals surface area contributed by atoms with Crippen LogP contribution in [0.1, 0.15) is 32.6 Å². The molecule has 0 amide bonds. The molecule has 3 heteroatoms. The Labute approximate surface area is 101 Å². The van der Waals surface area contributed by atoms with Gasteiger partial charge in [0.15, 0.2) is 0 Å². The van der Waals surface area contributed by atoms with Gasteiger partial charge in [-0.3, -0.25) is 4.68 Å². The number of aryl methyl sites for hydroxylation is 1. The van der Waals surface area contributed by atoms with Gasteiger partial charge in [0.25, 0.3) is 0 Å². The van der Waals surface area contributed by atoms with Crippen molar-refractivity contribution in [2.75, 3.05) is 0 Å². The zero-order valence-corrected chi connectivity index (χ0v) is 10.5. The minimum absolute atomic E-state index is 1.04. The first-order chi connectivity index (χ1) is 7.92. The lowest BCUT2D eigenvalue weighted by atomic mass is 10.2. The molecule has 0 saturated heterocycles. The number of aromatic nitrogens is 2. The molecule has 86 valence electrons. The molecule has 0 aliphatic carbocycles. The van der Waals surface area contributed by atoms with Crippen LogP contribution in [0.3, 0.4) is 0 Å². The van der Waals surface area contributed by atoms with Crippen molar-refractivity contribution in [2.24, 2.45) is 0 Å². The second-order valence-corrected chi connectivity index (χ2v) is 4.93. The average Bonchev–Trinajstić information content (AvgIpc) is 2.94. The fourth-order valence-corrected chi connectivity index (χ4v) is 2.59. The molecular formula is C13H18N2S. The minimum atomic E-state index is 1.04. The van der Waals surface area contributed by atoms with E-state index in [1.807, 2.05) is 6.20 Å². The van der Waals surface area contributed by atoms with Crippen LogP contribution >= 0.6 is 11.3 Å². The summed E-state index contributed by atoms with van der Waals surface area (Å²) in [5.74, 6) is 0. The number of rotatable bonds is 6. The number of unbranched alkanes of at least 4 members (excludes halogenated alkanes) is 3. The zero-order chi connectivity index (χ0) is 11.2. The maximum Gasteiger partial charge on any atom is 0.0781 e. The molecule has 2 nitrogen and oxygen atoms in total. The van der Waals surface area contributed by atoms with Crippen molar-refractivity contribution in [3.63, 3.8) is 0 Å². The van der Waals surface area contributed by atoms with Crippen molar-refractivity contribution >= 4 is 11.3 Å². The largest absolute Gasteiger partial charge is 0.264 e. The molecule has 2 rings (SSSR count). The van der Waals surface area contributed by atoms with Gasteiger partial charge in [0.1, 0.15) is 0 Å². The third-order valence-electron chi connectivity index (χ3n) is 2.71. The maximum atomic E-state index is 4.39. The van der Waals surface area contributed by atoms with E-state index in [1.165, 1.54) is 36.3 Å². The lowest BCUT2D eigenvalue weighted by Gasteiger charge is -2.05. The van der Waals surface area contributed by atoms with E-state index in [0.29, 0.717) is 0 Å². The van der Waals surface area contributed by atoms with E-state index in [9.17, 15) is 0 Å². The fraction of sp³-hybridized carbons (Fsp3) is 0.462. The molecule has 0 aromatic carbocycles. The normalized spacial score (nSPS) is 10.8. The second-order valence-electron chi connectivity index (χ2n) is 3.98. The van der Waals surface area contributed by atoms with E-state index >= 15 is 0 Å². The Hall–Kier alpha value is -1.09. The summed E-state index contributed by atoms with van der Waals surface area (Å²) in [6.45, 7) is 3.28. The third-order valence-corrected chi connectivity index (χ3v) is 3.61. The summed E-state index contributed by atoms with van der Waals surface area (Å²) in [6.07, 6.45) is 7.05. The highest BCUT2D eigenvalue weighted by molar-refractivity contribution is 7.13. The smallest absolute Gasteiger partial charge is 0.0781 e. The van der Waals surface area contributed by atoms with Crippen molar-refractivity contribution in [1.29, 1.82) is 0 Å². The number of thiophene rings is 1. The van der Waals surface area contributed by atoms with Crippen LogP contribution < -0.4 is 0 Å². The molecule has 2 heterocycles. The van der Waals surface area contributed by atoms with E-state index in [1.54, 1.807) is 11.3 Å². The van der Waals surface area contributed by atoms with Crippen molar-refractivity contribution in [1.82, 2.24) is 9.78 Å². The number of hydrogen-bond acceptors (Lipinski definition) is 2. The Kier molecular flexibility index (Phi) is 4.17. The van der Waals surface area contributed by atoms with Gasteiger partial charge >= 0.3 is 0 Å². The molecule has 0 N–H and O–H groups in total. The van der Waals surface area contributed by atoms with Gasteiger partial charge < -0.3 is 0 Å². The maximum absolute atomic E-state index is 4.39. The summed E-state index contributed by atoms with van der Waals surface area (Å²) in [6, 6.07) is 6.35. The number of nitrogens with zero attached hydrogens (tertiary/aromatic N) is 2. The summed E-state index contributed by atoms with van der Waals surface area (Å²) in [7, 11) is 0.